The topological polar surface area (TPSA) is 119 Å². The zero-order valence-corrected chi connectivity index (χ0v) is 22.3. The Labute approximate surface area is 210 Å². The first-order valence-electron chi connectivity index (χ1n) is 12.0. The van der Waals surface area contributed by atoms with Crippen molar-refractivity contribution in [2.45, 2.75) is 77.7 Å². The molecule has 0 saturated carbocycles. The number of ether oxygens (including phenoxy) is 1. The Bertz CT molecular complexity index is 866. The second-order valence-electron chi connectivity index (χ2n) is 8.42. The first-order valence-corrected chi connectivity index (χ1v) is 14.7. The van der Waals surface area contributed by atoms with E-state index in [1.807, 2.05) is 36.4 Å². The molecule has 0 aliphatic rings. The molecular weight excluding hydrogens is 469 g/mol. The Morgan fingerprint density at radius 1 is 0.971 bits per heavy atom. The lowest BCUT2D eigenvalue weighted by Gasteiger charge is -2.17. The molecule has 0 amide bonds. The summed E-state index contributed by atoms with van der Waals surface area (Å²) < 4.78 is 11.0. The maximum absolute atomic E-state index is 9.26. The summed E-state index contributed by atoms with van der Waals surface area (Å²) in [6.45, 7) is 1.40. The van der Waals surface area contributed by atoms with Gasteiger partial charge in [0.2, 0.25) is 0 Å². The Balaban J connectivity index is 0.00000578. The van der Waals surface area contributed by atoms with Gasteiger partial charge in [0.15, 0.2) is 0 Å². The molecule has 6 N–H and O–H groups in total. The molecule has 1 aromatic heterocycles. The minimum atomic E-state index is -3.67. The van der Waals surface area contributed by atoms with Crippen LogP contribution < -0.4 is 16.2 Å². The molecule has 1 atom stereocenters. The van der Waals surface area contributed by atoms with Crippen molar-refractivity contribution in [3.8, 4) is 16.9 Å². The Morgan fingerprint density at radius 3 is 2.29 bits per heavy atom. The normalized spacial score (nSPS) is 12.1. The van der Waals surface area contributed by atoms with Crippen molar-refractivity contribution < 1.29 is 19.0 Å². The van der Waals surface area contributed by atoms with Gasteiger partial charge in [0.1, 0.15) is 11.6 Å². The number of hydrogen-bond acceptors (Lipinski definition) is 6. The molecule has 0 spiro atoms. The monoisotopic (exact) mass is 511 g/mol. The minimum absolute atomic E-state index is 0. The third-order valence-corrected chi connectivity index (χ3v) is 6.22. The number of pyridine rings is 1. The minimum Gasteiger partial charge on any atom is -0.494 e. The van der Waals surface area contributed by atoms with Crippen molar-refractivity contribution in [2.75, 3.05) is 18.5 Å². The molecule has 7 nitrogen and oxygen atoms in total. The van der Waals surface area contributed by atoms with Crippen LogP contribution in [0.5, 0.6) is 5.75 Å². The predicted octanol–water partition coefficient (Wildman–Crippen LogP) is 6.85. The molecule has 0 saturated heterocycles. The van der Waals surface area contributed by atoms with E-state index in [-0.39, 0.29) is 6.15 Å². The molecule has 0 aliphatic heterocycles. The van der Waals surface area contributed by atoms with Gasteiger partial charge in [-0.15, -0.1) is 0 Å². The predicted molar refractivity (Wildman–Crippen MR) is 145 cm³/mol. The van der Waals surface area contributed by atoms with Crippen LogP contribution in [-0.2, 0) is 16.3 Å². The molecule has 0 bridgehead atoms. The Kier molecular flexibility index (Phi) is 15.2. The first kappa shape index (κ1) is 30.5. The Hall–Kier alpha value is -1.54. The summed E-state index contributed by atoms with van der Waals surface area (Å²) in [6.07, 6.45) is 13.0. The van der Waals surface area contributed by atoms with Gasteiger partial charge < -0.3 is 30.5 Å². The summed E-state index contributed by atoms with van der Waals surface area (Å²) in [5.74, 6) is 1.55. The molecule has 2 rings (SSSR count). The van der Waals surface area contributed by atoms with Crippen LogP contribution in [0.4, 0.5) is 5.82 Å². The molecule has 1 aromatic carbocycles. The van der Waals surface area contributed by atoms with Crippen molar-refractivity contribution in [1.29, 1.82) is 0 Å². The van der Waals surface area contributed by atoms with Crippen LogP contribution in [0.25, 0.3) is 11.1 Å². The number of nitrogens with one attached hydrogen (secondary N) is 1. The maximum Gasteiger partial charge on any atom is 0.322 e. The fourth-order valence-electron chi connectivity index (χ4n) is 3.59. The van der Waals surface area contributed by atoms with E-state index in [0.29, 0.717) is 12.4 Å². The van der Waals surface area contributed by atoms with Gasteiger partial charge >= 0.3 is 6.72 Å². The molecule has 9 heteroatoms. The standard InChI is InChI=1S/C25H39N2O4PS.H3N/c1-3-4-5-6-7-8-9-10-11-17-30-24-14-12-13-22(18-24)23-15-16-26-25(19-23)27-20-21(2)31-32(28,29)33;/h12-16,18-19,21H,3-11,17,20H2,1-2H3,(H,26,27)(H2,28,29,33);1H3/t21-;/m1./s1. The van der Waals surface area contributed by atoms with Crippen molar-refractivity contribution in [3.63, 3.8) is 0 Å². The van der Waals surface area contributed by atoms with E-state index < -0.39 is 12.8 Å². The molecule has 0 unspecified atom stereocenters. The lowest BCUT2D eigenvalue weighted by molar-refractivity contribution is 0.193. The summed E-state index contributed by atoms with van der Waals surface area (Å²) in [6, 6.07) is 12.0. The van der Waals surface area contributed by atoms with Gasteiger partial charge in [-0.3, -0.25) is 0 Å². The Morgan fingerprint density at radius 2 is 1.62 bits per heavy atom. The number of aromatic nitrogens is 1. The maximum atomic E-state index is 9.26. The fourth-order valence-corrected chi connectivity index (χ4v) is 4.58. The SMILES string of the molecule is CCCCCCCCCCCOc1cccc(-c2ccnc(NC[C@@H](C)OP(O)(O)=S)c2)c1.N. The average molecular weight is 512 g/mol. The third kappa shape index (κ3) is 13.4. The second-order valence-corrected chi connectivity index (χ2v) is 11.0. The third-order valence-electron chi connectivity index (χ3n) is 5.33. The number of hydrogen-bond donors (Lipinski definition) is 4. The molecule has 0 radical (unpaired) electrons. The van der Waals surface area contributed by atoms with Crippen LogP contribution >= 0.6 is 6.72 Å². The highest BCUT2D eigenvalue weighted by molar-refractivity contribution is 8.06. The van der Waals surface area contributed by atoms with Crippen LogP contribution in [0.2, 0.25) is 0 Å². The highest BCUT2D eigenvalue weighted by Crippen LogP contribution is 2.38. The van der Waals surface area contributed by atoms with E-state index in [2.05, 4.69) is 29.0 Å². The van der Waals surface area contributed by atoms with Gasteiger partial charge in [-0.2, -0.15) is 0 Å². The van der Waals surface area contributed by atoms with Gasteiger partial charge in [0.25, 0.3) is 0 Å². The molecule has 192 valence electrons. The highest BCUT2D eigenvalue weighted by atomic mass is 32.5. The van der Waals surface area contributed by atoms with E-state index in [4.69, 9.17) is 9.26 Å². The van der Waals surface area contributed by atoms with Crippen LogP contribution in [-0.4, -0.2) is 34.0 Å². The van der Waals surface area contributed by atoms with Crippen LogP contribution in [0.15, 0.2) is 42.6 Å². The number of nitrogens with zero attached hydrogens (tertiary/aromatic N) is 1. The zero-order chi connectivity index (χ0) is 23.9. The van der Waals surface area contributed by atoms with E-state index in [9.17, 15) is 9.79 Å². The largest absolute Gasteiger partial charge is 0.494 e. The van der Waals surface area contributed by atoms with E-state index in [0.717, 1.165) is 29.9 Å². The van der Waals surface area contributed by atoms with Crippen LogP contribution in [0, 0.1) is 0 Å². The summed E-state index contributed by atoms with van der Waals surface area (Å²) in [5.41, 5.74) is 2.07. The molecule has 2 aromatic rings. The molecule has 34 heavy (non-hydrogen) atoms. The van der Waals surface area contributed by atoms with E-state index in [1.54, 1.807) is 13.1 Å². The van der Waals surface area contributed by atoms with Gasteiger partial charge in [0, 0.05) is 12.7 Å². The fraction of sp³-hybridized carbons (Fsp3) is 0.560. The van der Waals surface area contributed by atoms with Gasteiger partial charge in [-0.05, 0) is 60.5 Å². The highest BCUT2D eigenvalue weighted by Gasteiger charge is 2.14. The molecule has 0 aliphatic carbocycles. The summed E-state index contributed by atoms with van der Waals surface area (Å²) in [7, 11) is 0. The van der Waals surface area contributed by atoms with Crippen molar-refractivity contribution in [1.82, 2.24) is 11.1 Å². The second kappa shape index (κ2) is 17.0. The van der Waals surface area contributed by atoms with Gasteiger partial charge in [-0.25, -0.2) is 4.98 Å². The number of benzene rings is 1. The van der Waals surface area contributed by atoms with Crippen molar-refractivity contribution >= 4 is 24.3 Å². The van der Waals surface area contributed by atoms with Gasteiger partial charge in [-0.1, -0.05) is 70.4 Å². The number of rotatable bonds is 17. The molecular formula is C25H42N3O4PS. The molecule has 0 fully saturated rings. The average Bonchev–Trinajstić information content (AvgIpc) is 2.78. The first-order chi connectivity index (χ1) is 15.9. The quantitative estimate of drug-likeness (QED) is 0.135. The van der Waals surface area contributed by atoms with Crippen molar-refractivity contribution in [3.05, 3.63) is 42.6 Å². The summed E-state index contributed by atoms with van der Waals surface area (Å²) in [5, 5.41) is 3.15. The van der Waals surface area contributed by atoms with Crippen molar-refractivity contribution in [2.24, 2.45) is 0 Å². The number of anilines is 1. The van der Waals surface area contributed by atoms with E-state index >= 15 is 0 Å². The zero-order valence-electron chi connectivity index (χ0n) is 20.6. The van der Waals surface area contributed by atoms with E-state index in [1.165, 1.54) is 51.4 Å². The van der Waals surface area contributed by atoms with Crippen LogP contribution in [0.3, 0.4) is 0 Å². The summed E-state index contributed by atoms with van der Waals surface area (Å²) in [4.78, 5) is 22.8. The lowest BCUT2D eigenvalue weighted by atomic mass is 10.1. The summed E-state index contributed by atoms with van der Waals surface area (Å²) >= 11 is 4.51. The molecule has 1 heterocycles. The van der Waals surface area contributed by atoms with Gasteiger partial charge in [0.05, 0.1) is 12.7 Å². The lowest BCUT2D eigenvalue weighted by Crippen LogP contribution is -2.19. The number of unbranched alkanes of at least 4 members (excludes halogenated alkanes) is 8. The smallest absolute Gasteiger partial charge is 0.322 e. The van der Waals surface area contributed by atoms with Crippen LogP contribution in [0.1, 0.15) is 71.6 Å².